The van der Waals surface area contributed by atoms with Crippen molar-refractivity contribution in [3.8, 4) is 0 Å². The molecule has 0 heterocycles. The number of carbonyl (C=O) groups is 1. The van der Waals surface area contributed by atoms with Crippen LogP contribution in [-0.2, 0) is 10.5 Å². The zero-order chi connectivity index (χ0) is 15.6. The monoisotopic (exact) mass is 293 g/mol. The van der Waals surface area contributed by atoms with Gasteiger partial charge in [0.05, 0.1) is 6.04 Å². The lowest BCUT2D eigenvalue weighted by atomic mass is 9.85. The number of ketones is 1. The summed E-state index contributed by atoms with van der Waals surface area (Å²) in [4.78, 5) is 12.0. The third-order valence-corrected chi connectivity index (χ3v) is 4.02. The van der Waals surface area contributed by atoms with Crippen LogP contribution < -0.4 is 5.73 Å². The Morgan fingerprint density at radius 1 is 1.35 bits per heavy atom. The summed E-state index contributed by atoms with van der Waals surface area (Å²) in [7, 11) is 0. The molecule has 1 aromatic rings. The van der Waals surface area contributed by atoms with Gasteiger partial charge in [0.25, 0.3) is 0 Å². The van der Waals surface area contributed by atoms with Crippen molar-refractivity contribution in [2.75, 3.05) is 5.75 Å². The summed E-state index contributed by atoms with van der Waals surface area (Å²) in [6.07, 6.45) is 1.66. The lowest BCUT2D eigenvalue weighted by molar-refractivity contribution is -0.125. The SMILES string of the molecule is C=CC(C)(C)C(=O)C(N)CSCc1ccccc1.CC. The number of Topliss-reactive ketones (excluding diaryl/α,β-unsaturated/α-hetero) is 1. The predicted molar refractivity (Wildman–Crippen MR) is 90.9 cm³/mol. The normalized spacial score (nSPS) is 12.1. The number of rotatable bonds is 7. The average Bonchev–Trinajstić information content (AvgIpc) is 2.49. The maximum absolute atomic E-state index is 12.0. The first-order chi connectivity index (χ1) is 9.47. The van der Waals surface area contributed by atoms with Crippen molar-refractivity contribution in [2.45, 2.75) is 39.5 Å². The molecule has 0 amide bonds. The van der Waals surface area contributed by atoms with Crippen LogP contribution in [0.25, 0.3) is 0 Å². The van der Waals surface area contributed by atoms with Crippen molar-refractivity contribution in [2.24, 2.45) is 11.1 Å². The Hall–Kier alpha value is -1.06. The van der Waals surface area contributed by atoms with Gasteiger partial charge in [0.2, 0.25) is 0 Å². The lowest BCUT2D eigenvalue weighted by Crippen LogP contribution is -2.41. The van der Waals surface area contributed by atoms with Crippen LogP contribution in [0.1, 0.15) is 33.3 Å². The van der Waals surface area contributed by atoms with Gasteiger partial charge in [0, 0.05) is 16.9 Å². The molecule has 0 spiro atoms. The second-order valence-corrected chi connectivity index (χ2v) is 5.93. The van der Waals surface area contributed by atoms with Crippen LogP contribution in [-0.4, -0.2) is 17.6 Å². The molecular formula is C17H27NOS. The minimum Gasteiger partial charge on any atom is -0.321 e. The van der Waals surface area contributed by atoms with E-state index >= 15 is 0 Å². The Morgan fingerprint density at radius 2 is 1.90 bits per heavy atom. The summed E-state index contributed by atoms with van der Waals surface area (Å²) in [5.41, 5.74) is 6.64. The Morgan fingerprint density at radius 3 is 2.40 bits per heavy atom. The highest BCUT2D eigenvalue weighted by Crippen LogP contribution is 2.21. The molecule has 0 fully saturated rings. The van der Waals surface area contributed by atoms with E-state index in [4.69, 9.17) is 5.73 Å². The molecule has 0 saturated carbocycles. The minimum atomic E-state index is -0.535. The Bertz CT molecular complexity index is 401. The highest BCUT2D eigenvalue weighted by atomic mass is 32.2. The van der Waals surface area contributed by atoms with Gasteiger partial charge in [0.15, 0.2) is 5.78 Å². The fourth-order valence-corrected chi connectivity index (χ4v) is 2.48. The molecular weight excluding hydrogens is 266 g/mol. The largest absolute Gasteiger partial charge is 0.321 e. The van der Waals surface area contributed by atoms with Crippen LogP contribution in [0, 0.1) is 5.41 Å². The van der Waals surface area contributed by atoms with Crippen molar-refractivity contribution in [1.82, 2.24) is 0 Å². The maximum atomic E-state index is 12.0. The molecule has 0 aliphatic rings. The zero-order valence-electron chi connectivity index (χ0n) is 13.1. The van der Waals surface area contributed by atoms with Gasteiger partial charge in [-0.2, -0.15) is 11.8 Å². The van der Waals surface area contributed by atoms with Crippen LogP contribution in [0.3, 0.4) is 0 Å². The fourth-order valence-electron chi connectivity index (χ4n) is 1.53. The lowest BCUT2D eigenvalue weighted by Gasteiger charge is -2.22. The Kier molecular flexibility index (Phi) is 9.26. The number of thioether (sulfide) groups is 1. The van der Waals surface area contributed by atoms with Crippen LogP contribution in [0.4, 0.5) is 0 Å². The smallest absolute Gasteiger partial charge is 0.159 e. The highest BCUT2D eigenvalue weighted by molar-refractivity contribution is 7.98. The first-order valence-electron chi connectivity index (χ1n) is 7.02. The molecule has 112 valence electrons. The molecule has 2 nitrogen and oxygen atoms in total. The number of benzene rings is 1. The summed E-state index contributed by atoms with van der Waals surface area (Å²) < 4.78 is 0. The standard InChI is InChI=1S/C15H21NOS.C2H6/c1-4-15(2,3)14(17)13(16)11-18-10-12-8-6-5-7-9-12;1-2/h4-9,13H,1,10-11,16H2,2-3H3;1-2H3. The number of hydrogen-bond acceptors (Lipinski definition) is 3. The van der Waals surface area contributed by atoms with Crippen molar-refractivity contribution in [3.05, 3.63) is 48.6 Å². The van der Waals surface area contributed by atoms with Gasteiger partial charge >= 0.3 is 0 Å². The molecule has 3 heteroatoms. The molecule has 0 aliphatic heterocycles. The molecule has 0 radical (unpaired) electrons. The van der Waals surface area contributed by atoms with E-state index in [0.29, 0.717) is 5.75 Å². The molecule has 1 aromatic carbocycles. The van der Waals surface area contributed by atoms with E-state index in [1.807, 2.05) is 45.9 Å². The summed E-state index contributed by atoms with van der Waals surface area (Å²) in [5.74, 6) is 1.58. The zero-order valence-corrected chi connectivity index (χ0v) is 13.9. The summed E-state index contributed by atoms with van der Waals surface area (Å²) >= 11 is 1.69. The number of carbonyl (C=O) groups excluding carboxylic acids is 1. The minimum absolute atomic E-state index is 0.0538. The van der Waals surface area contributed by atoms with Crippen LogP contribution in [0.15, 0.2) is 43.0 Å². The quantitative estimate of drug-likeness (QED) is 0.771. The van der Waals surface area contributed by atoms with Crippen molar-refractivity contribution >= 4 is 17.5 Å². The van der Waals surface area contributed by atoms with Gasteiger partial charge in [0.1, 0.15) is 0 Å². The fraction of sp³-hybridized carbons (Fsp3) is 0.471. The van der Waals surface area contributed by atoms with Crippen molar-refractivity contribution in [3.63, 3.8) is 0 Å². The van der Waals surface area contributed by atoms with E-state index in [1.54, 1.807) is 17.8 Å². The molecule has 0 saturated heterocycles. The average molecular weight is 293 g/mol. The van der Waals surface area contributed by atoms with Gasteiger partial charge < -0.3 is 5.73 Å². The van der Waals surface area contributed by atoms with Gasteiger partial charge in [-0.1, -0.05) is 50.3 Å². The van der Waals surface area contributed by atoms with Gasteiger partial charge in [-0.15, -0.1) is 6.58 Å². The molecule has 0 aliphatic carbocycles. The van der Waals surface area contributed by atoms with Crippen LogP contribution >= 0.6 is 11.8 Å². The van der Waals surface area contributed by atoms with Crippen LogP contribution in [0.5, 0.6) is 0 Å². The second-order valence-electron chi connectivity index (χ2n) is 4.90. The van der Waals surface area contributed by atoms with Gasteiger partial charge in [-0.3, -0.25) is 4.79 Å². The Labute approximate surface area is 127 Å². The molecule has 0 aromatic heterocycles. The molecule has 1 rings (SSSR count). The second kappa shape index (κ2) is 9.78. The molecule has 2 N–H and O–H groups in total. The van der Waals surface area contributed by atoms with E-state index in [0.717, 1.165) is 5.75 Å². The molecule has 20 heavy (non-hydrogen) atoms. The molecule has 1 unspecified atom stereocenters. The number of hydrogen-bond donors (Lipinski definition) is 1. The molecule has 0 bridgehead atoms. The number of nitrogens with two attached hydrogens (primary N) is 1. The van der Waals surface area contributed by atoms with Crippen LogP contribution in [0.2, 0.25) is 0 Å². The van der Waals surface area contributed by atoms with Crippen molar-refractivity contribution in [1.29, 1.82) is 0 Å². The van der Waals surface area contributed by atoms with Crippen molar-refractivity contribution < 1.29 is 4.79 Å². The first-order valence-corrected chi connectivity index (χ1v) is 8.18. The third kappa shape index (κ3) is 6.40. The van der Waals surface area contributed by atoms with E-state index in [-0.39, 0.29) is 5.78 Å². The first kappa shape index (κ1) is 18.9. The Balaban J connectivity index is 0.00000172. The number of allylic oxidation sites excluding steroid dienone is 1. The van der Waals surface area contributed by atoms with Gasteiger partial charge in [-0.25, -0.2) is 0 Å². The summed E-state index contributed by atoms with van der Waals surface area (Å²) in [6.45, 7) is 11.4. The third-order valence-electron chi connectivity index (χ3n) is 2.89. The maximum Gasteiger partial charge on any atom is 0.159 e. The molecule has 1 atom stereocenters. The van der Waals surface area contributed by atoms with Gasteiger partial charge in [-0.05, 0) is 19.4 Å². The topological polar surface area (TPSA) is 43.1 Å². The van der Waals surface area contributed by atoms with E-state index < -0.39 is 11.5 Å². The van der Waals surface area contributed by atoms with E-state index in [1.165, 1.54) is 5.56 Å². The summed E-state index contributed by atoms with van der Waals surface area (Å²) in [6, 6.07) is 9.76. The van der Waals surface area contributed by atoms with E-state index in [9.17, 15) is 4.79 Å². The van der Waals surface area contributed by atoms with E-state index in [2.05, 4.69) is 18.7 Å². The summed E-state index contributed by atoms with van der Waals surface area (Å²) in [5, 5.41) is 0. The predicted octanol–water partition coefficient (Wildman–Crippen LogP) is 4.05. The highest BCUT2D eigenvalue weighted by Gasteiger charge is 2.28.